The van der Waals surface area contributed by atoms with Crippen molar-refractivity contribution in [3.05, 3.63) is 35.4 Å². The molecule has 108 valence electrons. The van der Waals surface area contributed by atoms with Gasteiger partial charge in [-0.2, -0.15) is 0 Å². The molecule has 1 saturated carbocycles. The first-order chi connectivity index (χ1) is 9.44. The Kier molecular flexibility index (Phi) is 4.32. The fourth-order valence-corrected chi connectivity index (χ4v) is 2.05. The highest BCUT2D eigenvalue weighted by Gasteiger charge is 2.30. The highest BCUT2D eigenvalue weighted by Crippen LogP contribution is 2.33. The minimum Gasteiger partial charge on any atom is -0.480 e. The van der Waals surface area contributed by atoms with Crippen LogP contribution in [-0.4, -0.2) is 23.0 Å². The fraction of sp³-hybridized carbons (Fsp3) is 0.429. The largest absolute Gasteiger partial charge is 0.480 e. The van der Waals surface area contributed by atoms with Crippen molar-refractivity contribution in [1.82, 2.24) is 5.32 Å². The molecule has 1 aromatic carbocycles. The van der Waals surface area contributed by atoms with E-state index in [1.165, 1.54) is 0 Å². The first kappa shape index (κ1) is 14.4. The van der Waals surface area contributed by atoms with Gasteiger partial charge in [-0.3, -0.25) is 4.79 Å². The van der Waals surface area contributed by atoms with E-state index in [1.807, 2.05) is 0 Å². The van der Waals surface area contributed by atoms with Gasteiger partial charge in [0.15, 0.2) is 0 Å². The van der Waals surface area contributed by atoms with Crippen LogP contribution in [0.25, 0.3) is 0 Å². The Hall–Kier alpha value is -1.98. The number of carboxylic acids is 1. The van der Waals surface area contributed by atoms with Gasteiger partial charge in [0.2, 0.25) is 5.91 Å². The van der Waals surface area contributed by atoms with E-state index in [0.29, 0.717) is 18.4 Å². The summed E-state index contributed by atoms with van der Waals surface area (Å²) in [6.45, 7) is 0. The smallest absolute Gasteiger partial charge is 0.326 e. The molecule has 0 spiro atoms. The zero-order chi connectivity index (χ0) is 14.7. The van der Waals surface area contributed by atoms with Crippen LogP contribution in [0.4, 0.5) is 8.78 Å². The fourth-order valence-electron chi connectivity index (χ4n) is 2.05. The molecule has 20 heavy (non-hydrogen) atoms. The van der Waals surface area contributed by atoms with Crippen LogP contribution in [0.1, 0.15) is 24.8 Å². The number of carbonyl (C=O) groups excluding carboxylic acids is 1. The maximum Gasteiger partial charge on any atom is 0.326 e. The second-order valence-electron chi connectivity index (χ2n) is 5.09. The lowest BCUT2D eigenvalue weighted by Crippen LogP contribution is -2.41. The Morgan fingerprint density at radius 1 is 1.25 bits per heavy atom. The number of nitrogens with one attached hydrogen (secondary N) is 1. The van der Waals surface area contributed by atoms with Crippen LogP contribution < -0.4 is 5.32 Å². The van der Waals surface area contributed by atoms with E-state index in [1.54, 1.807) is 0 Å². The van der Waals surface area contributed by atoms with Gasteiger partial charge in [0.1, 0.15) is 17.7 Å². The van der Waals surface area contributed by atoms with Gasteiger partial charge in [0.25, 0.3) is 0 Å². The van der Waals surface area contributed by atoms with Crippen molar-refractivity contribution < 1.29 is 23.5 Å². The highest BCUT2D eigenvalue weighted by atomic mass is 19.1. The lowest BCUT2D eigenvalue weighted by atomic mass is 10.1. The molecule has 2 N–H and O–H groups in total. The van der Waals surface area contributed by atoms with Crippen LogP contribution in [0.15, 0.2) is 18.2 Å². The number of aliphatic carboxylic acids is 1. The molecule has 1 atom stereocenters. The molecule has 0 bridgehead atoms. The molecule has 0 saturated heterocycles. The van der Waals surface area contributed by atoms with Gasteiger partial charge in [0.05, 0.1) is 6.42 Å². The third kappa shape index (κ3) is 4.29. The molecule has 4 nitrogen and oxygen atoms in total. The molecule has 6 heteroatoms. The van der Waals surface area contributed by atoms with Crippen LogP contribution in [0.2, 0.25) is 0 Å². The Bertz CT molecular complexity index is 509. The molecule has 0 unspecified atom stereocenters. The molecular formula is C14H15F2NO3. The third-order valence-electron chi connectivity index (χ3n) is 3.19. The van der Waals surface area contributed by atoms with Gasteiger partial charge in [-0.25, -0.2) is 13.6 Å². The van der Waals surface area contributed by atoms with E-state index in [4.69, 9.17) is 5.11 Å². The van der Waals surface area contributed by atoms with Crippen LogP contribution >= 0.6 is 0 Å². The van der Waals surface area contributed by atoms with Gasteiger partial charge in [-0.15, -0.1) is 0 Å². The molecular weight excluding hydrogens is 268 g/mol. The summed E-state index contributed by atoms with van der Waals surface area (Å²) in [7, 11) is 0. The lowest BCUT2D eigenvalue weighted by molar-refractivity contribution is -0.142. The van der Waals surface area contributed by atoms with Crippen molar-refractivity contribution in [1.29, 1.82) is 0 Å². The number of benzene rings is 1. The average molecular weight is 283 g/mol. The number of carbonyl (C=O) groups is 2. The third-order valence-corrected chi connectivity index (χ3v) is 3.19. The van der Waals surface area contributed by atoms with Crippen molar-refractivity contribution in [3.63, 3.8) is 0 Å². The zero-order valence-corrected chi connectivity index (χ0v) is 10.7. The van der Waals surface area contributed by atoms with Crippen molar-refractivity contribution in [3.8, 4) is 0 Å². The summed E-state index contributed by atoms with van der Waals surface area (Å²) in [6, 6.07) is 1.89. The van der Waals surface area contributed by atoms with E-state index in [-0.39, 0.29) is 12.0 Å². The van der Waals surface area contributed by atoms with Gasteiger partial charge >= 0.3 is 5.97 Å². The maximum absolute atomic E-state index is 13.0. The quantitative estimate of drug-likeness (QED) is 0.837. The normalized spacial score (nSPS) is 15.7. The second-order valence-corrected chi connectivity index (χ2v) is 5.09. The van der Waals surface area contributed by atoms with E-state index in [9.17, 15) is 18.4 Å². The Labute approximate surface area is 114 Å². The standard InChI is InChI=1S/C14H15F2NO3/c15-10-3-9(4-11(16)7-10)6-13(18)17-12(14(19)20)5-8-1-2-8/h3-4,7-8,12H,1-2,5-6H2,(H,17,18)(H,19,20)/t12-/m0/s1. The Balaban J connectivity index is 1.94. The van der Waals surface area contributed by atoms with E-state index in [0.717, 1.165) is 25.0 Å². The maximum atomic E-state index is 13.0. The number of rotatable bonds is 6. The predicted molar refractivity (Wildman–Crippen MR) is 67.0 cm³/mol. The first-order valence-corrected chi connectivity index (χ1v) is 6.41. The summed E-state index contributed by atoms with van der Waals surface area (Å²) in [5.41, 5.74) is 0.176. The number of hydrogen-bond donors (Lipinski definition) is 2. The van der Waals surface area contributed by atoms with E-state index in [2.05, 4.69) is 5.32 Å². The van der Waals surface area contributed by atoms with Crippen LogP contribution in [0.3, 0.4) is 0 Å². The predicted octanol–water partition coefficient (Wildman–Crippen LogP) is 1.88. The molecule has 1 amide bonds. The molecule has 1 aliphatic carbocycles. The number of hydrogen-bond acceptors (Lipinski definition) is 2. The van der Waals surface area contributed by atoms with Gasteiger partial charge in [-0.1, -0.05) is 12.8 Å². The van der Waals surface area contributed by atoms with Gasteiger partial charge in [0, 0.05) is 6.07 Å². The highest BCUT2D eigenvalue weighted by molar-refractivity contribution is 5.84. The van der Waals surface area contributed by atoms with Gasteiger partial charge < -0.3 is 10.4 Å². The molecule has 0 aliphatic heterocycles. The van der Waals surface area contributed by atoms with Crippen molar-refractivity contribution in [2.45, 2.75) is 31.7 Å². The summed E-state index contributed by atoms with van der Waals surface area (Å²) in [5, 5.41) is 11.4. The minimum absolute atomic E-state index is 0.176. The minimum atomic E-state index is -1.09. The topological polar surface area (TPSA) is 66.4 Å². The Morgan fingerprint density at radius 2 is 1.85 bits per heavy atom. The number of halogens is 2. The SMILES string of the molecule is O=C(Cc1cc(F)cc(F)c1)N[C@@H](CC1CC1)C(=O)O. The van der Waals surface area contributed by atoms with Crippen LogP contribution in [-0.2, 0) is 16.0 Å². The van der Waals surface area contributed by atoms with Crippen molar-refractivity contribution in [2.24, 2.45) is 5.92 Å². The monoisotopic (exact) mass is 283 g/mol. The van der Waals surface area contributed by atoms with E-state index < -0.39 is 29.6 Å². The second kappa shape index (κ2) is 5.98. The molecule has 0 radical (unpaired) electrons. The zero-order valence-electron chi connectivity index (χ0n) is 10.7. The molecule has 2 rings (SSSR count). The number of amides is 1. The molecule has 0 aromatic heterocycles. The van der Waals surface area contributed by atoms with E-state index >= 15 is 0 Å². The molecule has 0 heterocycles. The van der Waals surface area contributed by atoms with Gasteiger partial charge in [-0.05, 0) is 30.0 Å². The summed E-state index contributed by atoms with van der Waals surface area (Å²) < 4.78 is 26.0. The van der Waals surface area contributed by atoms with Crippen LogP contribution in [0, 0.1) is 17.6 Å². The summed E-state index contributed by atoms with van der Waals surface area (Å²) in [4.78, 5) is 22.8. The molecule has 1 fully saturated rings. The lowest BCUT2D eigenvalue weighted by Gasteiger charge is -2.14. The van der Waals surface area contributed by atoms with Crippen molar-refractivity contribution in [2.75, 3.05) is 0 Å². The first-order valence-electron chi connectivity index (χ1n) is 6.41. The summed E-state index contributed by atoms with van der Waals surface area (Å²) >= 11 is 0. The van der Waals surface area contributed by atoms with Crippen LogP contribution in [0.5, 0.6) is 0 Å². The summed E-state index contributed by atoms with van der Waals surface area (Å²) in [6.07, 6.45) is 2.12. The van der Waals surface area contributed by atoms with Crippen molar-refractivity contribution >= 4 is 11.9 Å². The molecule has 1 aromatic rings. The molecule has 1 aliphatic rings. The Morgan fingerprint density at radius 3 is 2.35 bits per heavy atom. The average Bonchev–Trinajstić information content (AvgIpc) is 3.10. The number of carboxylic acid groups (broad SMARTS) is 1. The summed E-state index contributed by atoms with van der Waals surface area (Å²) in [5.74, 6) is -2.82.